The fourth-order valence-corrected chi connectivity index (χ4v) is 7.61. The SMILES string of the molecule is C[C@@H]1[C@H](CN2CCN(c3ncccn3)CC2)O[C@H](c2ccc(-c3cccc(CNC(=O)[C@@H]4CCCN4C(=O)C(F)(F)F)c3)cc2)O[C@@H]1c1ccc(CO)cc1. The van der Waals surface area contributed by atoms with Crippen molar-refractivity contribution in [3.05, 3.63) is 114 Å². The van der Waals surface area contributed by atoms with E-state index in [1.54, 1.807) is 12.4 Å². The lowest BCUT2D eigenvalue weighted by Gasteiger charge is -2.44. The normalized spacial score (nSPS) is 23.5. The maximum Gasteiger partial charge on any atom is 0.471 e. The predicted molar refractivity (Wildman–Crippen MR) is 198 cm³/mol. The van der Waals surface area contributed by atoms with E-state index in [9.17, 15) is 27.9 Å². The fourth-order valence-electron chi connectivity index (χ4n) is 7.61. The summed E-state index contributed by atoms with van der Waals surface area (Å²) in [5.74, 6) is -1.80. The van der Waals surface area contributed by atoms with Crippen LogP contribution in [-0.4, -0.2) is 94.3 Å². The van der Waals surface area contributed by atoms with Crippen LogP contribution in [0.5, 0.6) is 0 Å². The molecule has 0 saturated carbocycles. The Labute approximate surface area is 318 Å². The minimum Gasteiger partial charge on any atom is -0.392 e. The maximum absolute atomic E-state index is 13.1. The molecule has 0 unspecified atom stereocenters. The molecule has 11 nitrogen and oxygen atoms in total. The third kappa shape index (κ3) is 8.99. The summed E-state index contributed by atoms with van der Waals surface area (Å²) >= 11 is 0. The molecule has 3 saturated heterocycles. The van der Waals surface area contributed by atoms with Crippen molar-refractivity contribution in [3.63, 3.8) is 0 Å². The second-order valence-corrected chi connectivity index (χ2v) is 14.4. The Bertz CT molecular complexity index is 1910. The Hall–Kier alpha value is -4.89. The fraction of sp³-hybridized carbons (Fsp3) is 0.415. The van der Waals surface area contributed by atoms with Gasteiger partial charge in [0.15, 0.2) is 6.29 Å². The standard InChI is InChI=1S/C41H45F3N6O5/c1-27-35(25-48-19-21-49(22-20-48)40-45-16-4-17-46-40)54-38(55-36(27)31-10-8-28(26-51)9-11-31)32-14-12-30(13-15-32)33-6-2-5-29(23-33)24-47-37(52)34-7-3-18-50(34)39(53)41(42,43)44/h2,4-6,8-17,23,27,34-36,38,51H,3,7,18-22,24-26H2,1H3,(H,47,52)/t27-,34+,35+,36+,38+/m1/s1. The molecule has 3 aromatic carbocycles. The monoisotopic (exact) mass is 758 g/mol. The van der Waals surface area contributed by atoms with Crippen LogP contribution in [0.4, 0.5) is 19.1 Å². The zero-order valence-corrected chi connectivity index (χ0v) is 30.6. The second kappa shape index (κ2) is 16.9. The smallest absolute Gasteiger partial charge is 0.392 e. The highest BCUT2D eigenvalue weighted by molar-refractivity contribution is 5.90. The molecule has 5 atom stereocenters. The van der Waals surface area contributed by atoms with Gasteiger partial charge >= 0.3 is 12.1 Å². The summed E-state index contributed by atoms with van der Waals surface area (Å²) in [6.45, 7) is 6.18. The Balaban J connectivity index is 1.02. The molecule has 4 heterocycles. The van der Waals surface area contributed by atoms with Crippen molar-refractivity contribution in [2.24, 2.45) is 5.92 Å². The van der Waals surface area contributed by atoms with Crippen LogP contribution in [0.2, 0.25) is 0 Å². The van der Waals surface area contributed by atoms with E-state index >= 15 is 0 Å². The number of aliphatic hydroxyl groups is 1. The number of hydrogen-bond acceptors (Lipinski definition) is 9. The van der Waals surface area contributed by atoms with Crippen molar-refractivity contribution in [3.8, 4) is 11.1 Å². The highest BCUT2D eigenvalue weighted by Gasteiger charge is 2.47. The number of rotatable bonds is 10. The third-order valence-electron chi connectivity index (χ3n) is 10.7. The number of carbonyl (C=O) groups is 2. The van der Waals surface area contributed by atoms with Gasteiger partial charge in [-0.3, -0.25) is 14.5 Å². The lowest BCUT2D eigenvalue weighted by molar-refractivity contribution is -0.276. The van der Waals surface area contributed by atoms with E-state index in [1.807, 2.05) is 78.9 Å². The van der Waals surface area contributed by atoms with Gasteiger partial charge in [-0.25, -0.2) is 9.97 Å². The lowest BCUT2D eigenvalue weighted by Crippen LogP contribution is -2.51. The molecule has 3 aliphatic rings. The number of hydrogen-bond donors (Lipinski definition) is 2. The number of ether oxygens (including phenoxy) is 2. The molecule has 4 aromatic rings. The van der Waals surface area contributed by atoms with Gasteiger partial charge in [-0.15, -0.1) is 0 Å². The number of carbonyl (C=O) groups excluding carboxylic acids is 2. The van der Waals surface area contributed by atoms with Crippen molar-refractivity contribution in [2.75, 3.05) is 44.2 Å². The second-order valence-electron chi connectivity index (χ2n) is 14.4. The van der Waals surface area contributed by atoms with Crippen LogP contribution in [-0.2, 0) is 32.2 Å². The van der Waals surface area contributed by atoms with E-state index in [-0.39, 0.29) is 44.2 Å². The van der Waals surface area contributed by atoms with Crippen molar-refractivity contribution < 1.29 is 37.3 Å². The molecule has 2 amide bonds. The largest absolute Gasteiger partial charge is 0.471 e. The number of alkyl halides is 3. The molecule has 0 radical (unpaired) electrons. The quantitative estimate of drug-likeness (QED) is 0.219. The molecule has 0 aliphatic carbocycles. The number of aromatic nitrogens is 2. The van der Waals surface area contributed by atoms with Gasteiger partial charge in [0, 0.05) is 69.7 Å². The summed E-state index contributed by atoms with van der Waals surface area (Å²) in [4.78, 5) is 38.7. The van der Waals surface area contributed by atoms with Gasteiger partial charge in [0.25, 0.3) is 0 Å². The molecule has 3 aliphatic heterocycles. The number of piperazine rings is 1. The van der Waals surface area contributed by atoms with Gasteiger partial charge in [0.2, 0.25) is 11.9 Å². The molecule has 55 heavy (non-hydrogen) atoms. The molecule has 7 rings (SSSR count). The third-order valence-corrected chi connectivity index (χ3v) is 10.7. The molecule has 290 valence electrons. The van der Waals surface area contributed by atoms with E-state index < -0.39 is 30.3 Å². The average molecular weight is 759 g/mol. The molecule has 14 heteroatoms. The van der Waals surface area contributed by atoms with E-state index in [4.69, 9.17) is 9.47 Å². The predicted octanol–water partition coefficient (Wildman–Crippen LogP) is 5.42. The summed E-state index contributed by atoms with van der Waals surface area (Å²) in [6.07, 6.45) is -1.98. The zero-order chi connectivity index (χ0) is 38.5. The van der Waals surface area contributed by atoms with Crippen LogP contribution in [0.3, 0.4) is 0 Å². The summed E-state index contributed by atoms with van der Waals surface area (Å²) in [6, 6.07) is 24.0. The van der Waals surface area contributed by atoms with E-state index in [2.05, 4.69) is 32.0 Å². The number of amides is 2. The van der Waals surface area contributed by atoms with Gasteiger partial charge in [-0.05, 0) is 52.8 Å². The van der Waals surface area contributed by atoms with Crippen LogP contribution >= 0.6 is 0 Å². The molecule has 2 N–H and O–H groups in total. The van der Waals surface area contributed by atoms with Crippen molar-refractivity contribution in [1.29, 1.82) is 0 Å². The Kier molecular flexibility index (Phi) is 11.8. The van der Waals surface area contributed by atoms with Crippen molar-refractivity contribution >= 4 is 17.8 Å². The topological polar surface area (TPSA) is 120 Å². The first-order valence-corrected chi connectivity index (χ1v) is 18.7. The lowest BCUT2D eigenvalue weighted by atomic mass is 9.89. The van der Waals surface area contributed by atoms with Crippen LogP contribution in [0.1, 0.15) is 54.4 Å². The van der Waals surface area contributed by atoms with Crippen LogP contribution < -0.4 is 10.2 Å². The van der Waals surface area contributed by atoms with Gasteiger partial charge in [-0.1, -0.05) is 73.7 Å². The Morgan fingerprint density at radius 2 is 1.56 bits per heavy atom. The maximum atomic E-state index is 13.1. The van der Waals surface area contributed by atoms with Gasteiger partial charge in [0.05, 0.1) is 18.8 Å². The number of nitrogens with one attached hydrogen (secondary N) is 1. The van der Waals surface area contributed by atoms with Gasteiger partial charge < -0.3 is 29.7 Å². The Morgan fingerprint density at radius 1 is 0.855 bits per heavy atom. The molecule has 0 spiro atoms. The molecular formula is C41H45F3N6O5. The first-order chi connectivity index (χ1) is 26.6. The van der Waals surface area contributed by atoms with Crippen molar-refractivity contribution in [1.82, 2.24) is 25.1 Å². The summed E-state index contributed by atoms with van der Waals surface area (Å²) in [5.41, 5.74) is 5.30. The Morgan fingerprint density at radius 3 is 2.25 bits per heavy atom. The number of benzene rings is 3. The van der Waals surface area contributed by atoms with Gasteiger partial charge in [-0.2, -0.15) is 13.2 Å². The van der Waals surface area contributed by atoms with E-state index in [0.717, 1.165) is 72.1 Å². The first kappa shape index (κ1) is 38.4. The molecule has 3 fully saturated rings. The average Bonchev–Trinajstić information content (AvgIpc) is 3.71. The highest BCUT2D eigenvalue weighted by Crippen LogP contribution is 2.42. The van der Waals surface area contributed by atoms with Crippen LogP contribution in [0.15, 0.2) is 91.3 Å². The number of aliphatic hydroxyl groups excluding tert-OH is 1. The number of halogens is 3. The summed E-state index contributed by atoms with van der Waals surface area (Å²) < 4.78 is 52.6. The minimum atomic E-state index is -5.02. The van der Waals surface area contributed by atoms with Crippen LogP contribution in [0, 0.1) is 5.92 Å². The summed E-state index contributed by atoms with van der Waals surface area (Å²) in [5, 5.41) is 12.3. The van der Waals surface area contributed by atoms with E-state index in [0.29, 0.717) is 11.3 Å². The number of anilines is 1. The minimum absolute atomic E-state index is 0.0354. The molecular weight excluding hydrogens is 713 g/mol. The first-order valence-electron chi connectivity index (χ1n) is 18.7. The number of nitrogens with zero attached hydrogens (tertiary/aromatic N) is 5. The van der Waals surface area contributed by atoms with Crippen LogP contribution in [0.25, 0.3) is 11.1 Å². The molecule has 0 bridgehead atoms. The highest BCUT2D eigenvalue weighted by atomic mass is 19.4. The molecule has 1 aromatic heterocycles. The van der Waals surface area contributed by atoms with Crippen molar-refractivity contribution in [2.45, 2.75) is 63.6 Å². The number of likely N-dealkylation sites (tertiary alicyclic amines) is 1. The summed E-state index contributed by atoms with van der Waals surface area (Å²) in [7, 11) is 0. The van der Waals surface area contributed by atoms with E-state index in [1.165, 1.54) is 0 Å². The van der Waals surface area contributed by atoms with Gasteiger partial charge in [0.1, 0.15) is 6.04 Å². The zero-order valence-electron chi connectivity index (χ0n) is 30.6.